The highest BCUT2D eigenvalue weighted by Gasteiger charge is 2.44. The molecule has 0 aliphatic carbocycles. The van der Waals surface area contributed by atoms with E-state index in [2.05, 4.69) is 9.47 Å². The van der Waals surface area contributed by atoms with Gasteiger partial charge in [-0.1, -0.05) is 0 Å². The summed E-state index contributed by atoms with van der Waals surface area (Å²) in [7, 11) is 0.788. The molecule has 0 rings (SSSR count). The maximum Gasteiger partial charge on any atom is 0.376 e. The largest absolute Gasteiger partial charge is 0.465 e. The van der Waals surface area contributed by atoms with Gasteiger partial charge in [-0.15, -0.1) is 0 Å². The van der Waals surface area contributed by atoms with Gasteiger partial charge in [0.2, 0.25) is 0 Å². The molecule has 0 bridgehead atoms. The van der Waals surface area contributed by atoms with Gasteiger partial charge in [-0.2, -0.15) is 8.78 Å². The van der Waals surface area contributed by atoms with E-state index in [1.165, 1.54) is 20.8 Å². The molecular formula is C10H16F2O5. The second-order valence-corrected chi connectivity index (χ2v) is 4.45. The van der Waals surface area contributed by atoms with Crippen molar-refractivity contribution in [3.05, 3.63) is 0 Å². The van der Waals surface area contributed by atoms with Crippen LogP contribution in [0.1, 0.15) is 27.2 Å². The molecule has 7 heteroatoms. The Hall–Kier alpha value is -1.24. The van der Waals surface area contributed by atoms with Crippen molar-refractivity contribution in [1.82, 2.24) is 0 Å². The molecule has 0 aromatic rings. The molecule has 0 heterocycles. The van der Waals surface area contributed by atoms with E-state index >= 15 is 0 Å². The Bertz CT molecular complexity index is 296. The number of aliphatic hydroxyl groups is 1. The first-order valence-corrected chi connectivity index (χ1v) is 4.87. The third kappa shape index (κ3) is 5.58. The first-order chi connectivity index (χ1) is 7.49. The number of halogens is 2. The van der Waals surface area contributed by atoms with Crippen LogP contribution in [-0.4, -0.2) is 41.8 Å². The van der Waals surface area contributed by atoms with E-state index in [0.717, 1.165) is 7.11 Å². The number of methoxy groups -OCH3 is 1. The first kappa shape index (κ1) is 15.8. The number of carbonyl (C=O) groups is 2. The van der Waals surface area contributed by atoms with Gasteiger partial charge in [-0.05, 0) is 20.8 Å². The van der Waals surface area contributed by atoms with Crippen LogP contribution >= 0.6 is 0 Å². The number of aliphatic hydroxyl groups excluding tert-OH is 1. The fraction of sp³-hybridized carbons (Fsp3) is 0.800. The maximum absolute atomic E-state index is 13.0. The molecule has 0 amide bonds. The molecule has 0 radical (unpaired) electrons. The van der Waals surface area contributed by atoms with Gasteiger partial charge in [0, 0.05) is 0 Å². The van der Waals surface area contributed by atoms with Gasteiger partial charge in [0.1, 0.15) is 5.60 Å². The quantitative estimate of drug-likeness (QED) is 0.754. The molecule has 0 aromatic heterocycles. The third-order valence-corrected chi connectivity index (χ3v) is 1.61. The van der Waals surface area contributed by atoms with Crippen LogP contribution in [0.5, 0.6) is 0 Å². The molecule has 0 aromatic carbocycles. The highest BCUT2D eigenvalue weighted by molar-refractivity contribution is 5.80. The summed E-state index contributed by atoms with van der Waals surface area (Å²) in [6, 6.07) is 0. The number of rotatable bonds is 4. The molecule has 0 saturated heterocycles. The van der Waals surface area contributed by atoms with Crippen LogP contribution in [0.2, 0.25) is 0 Å². The predicted molar refractivity (Wildman–Crippen MR) is 53.4 cm³/mol. The predicted octanol–water partition coefficient (Wildman–Crippen LogP) is 0.887. The van der Waals surface area contributed by atoms with Crippen molar-refractivity contribution in [3.8, 4) is 0 Å². The van der Waals surface area contributed by atoms with Crippen molar-refractivity contribution in [2.75, 3.05) is 7.11 Å². The summed E-state index contributed by atoms with van der Waals surface area (Å²) in [4.78, 5) is 21.8. The van der Waals surface area contributed by atoms with Gasteiger partial charge in [-0.25, -0.2) is 9.59 Å². The van der Waals surface area contributed by atoms with Crippen molar-refractivity contribution in [2.45, 2.75) is 44.8 Å². The summed E-state index contributed by atoms with van der Waals surface area (Å²) < 4.78 is 34.6. The van der Waals surface area contributed by atoms with Crippen LogP contribution in [0.4, 0.5) is 8.78 Å². The molecule has 1 unspecified atom stereocenters. The van der Waals surface area contributed by atoms with E-state index in [9.17, 15) is 23.5 Å². The lowest BCUT2D eigenvalue weighted by Crippen LogP contribution is -2.39. The Morgan fingerprint density at radius 1 is 1.29 bits per heavy atom. The minimum Gasteiger partial charge on any atom is -0.465 e. The molecular weight excluding hydrogens is 238 g/mol. The van der Waals surface area contributed by atoms with Gasteiger partial charge in [0.25, 0.3) is 0 Å². The van der Waals surface area contributed by atoms with Gasteiger partial charge >= 0.3 is 17.9 Å². The van der Waals surface area contributed by atoms with Gasteiger partial charge in [0.15, 0.2) is 6.10 Å². The molecule has 0 aliphatic heterocycles. The third-order valence-electron chi connectivity index (χ3n) is 1.61. The lowest BCUT2D eigenvalue weighted by molar-refractivity contribution is -0.180. The number of hydrogen-bond donors (Lipinski definition) is 1. The second kappa shape index (κ2) is 5.39. The molecule has 1 atom stereocenters. The van der Waals surface area contributed by atoms with Crippen molar-refractivity contribution >= 4 is 11.9 Å². The van der Waals surface area contributed by atoms with Crippen molar-refractivity contribution in [1.29, 1.82) is 0 Å². The van der Waals surface area contributed by atoms with Crippen LogP contribution in [0.3, 0.4) is 0 Å². The molecule has 1 N–H and O–H groups in total. The number of esters is 2. The molecule has 17 heavy (non-hydrogen) atoms. The molecule has 0 spiro atoms. The molecule has 0 aliphatic rings. The lowest BCUT2D eigenvalue weighted by Gasteiger charge is -2.23. The highest BCUT2D eigenvalue weighted by atomic mass is 19.3. The fourth-order valence-corrected chi connectivity index (χ4v) is 0.929. The number of alkyl halides is 2. The fourth-order valence-electron chi connectivity index (χ4n) is 0.929. The van der Waals surface area contributed by atoms with Crippen LogP contribution < -0.4 is 0 Å². The summed E-state index contributed by atoms with van der Waals surface area (Å²) in [5.74, 6) is -6.94. The average molecular weight is 254 g/mol. The molecule has 5 nitrogen and oxygen atoms in total. The summed E-state index contributed by atoms with van der Waals surface area (Å²) in [5, 5.41) is 9.20. The Morgan fingerprint density at radius 3 is 2.12 bits per heavy atom. The van der Waals surface area contributed by atoms with E-state index in [1.54, 1.807) is 0 Å². The average Bonchev–Trinajstić information content (AvgIpc) is 2.12. The normalized spacial score (nSPS) is 14.1. The Morgan fingerprint density at radius 2 is 1.76 bits per heavy atom. The number of carbonyl (C=O) groups excluding carboxylic acids is 2. The molecule has 0 fully saturated rings. The zero-order chi connectivity index (χ0) is 13.9. The zero-order valence-electron chi connectivity index (χ0n) is 10.1. The summed E-state index contributed by atoms with van der Waals surface area (Å²) in [5.41, 5.74) is -0.904. The summed E-state index contributed by atoms with van der Waals surface area (Å²) in [6.45, 7) is 4.57. The summed E-state index contributed by atoms with van der Waals surface area (Å²) >= 11 is 0. The minimum absolute atomic E-state index is 0.788. The van der Waals surface area contributed by atoms with Crippen LogP contribution in [0, 0.1) is 0 Å². The zero-order valence-corrected chi connectivity index (χ0v) is 10.1. The van der Waals surface area contributed by atoms with E-state index < -0.39 is 36.0 Å². The SMILES string of the molecule is COC(=O)C(F)(F)CC(O)C(=O)OC(C)(C)C. The topological polar surface area (TPSA) is 72.8 Å². The van der Waals surface area contributed by atoms with Gasteiger partial charge < -0.3 is 14.6 Å². The Labute approximate surface area is 97.7 Å². The van der Waals surface area contributed by atoms with E-state index in [4.69, 9.17) is 0 Å². The van der Waals surface area contributed by atoms with Crippen molar-refractivity contribution in [2.24, 2.45) is 0 Å². The van der Waals surface area contributed by atoms with E-state index in [1.807, 2.05) is 0 Å². The van der Waals surface area contributed by atoms with Crippen LogP contribution in [-0.2, 0) is 19.1 Å². The van der Waals surface area contributed by atoms with Crippen molar-refractivity contribution in [3.63, 3.8) is 0 Å². The standard InChI is InChI=1S/C10H16F2O5/c1-9(2,3)17-7(14)6(13)5-10(11,12)8(15)16-4/h6,13H,5H2,1-4H3. The van der Waals surface area contributed by atoms with Crippen molar-refractivity contribution < 1.29 is 33.0 Å². The highest BCUT2D eigenvalue weighted by Crippen LogP contribution is 2.23. The smallest absolute Gasteiger partial charge is 0.376 e. The minimum atomic E-state index is -3.93. The monoisotopic (exact) mass is 254 g/mol. The van der Waals surface area contributed by atoms with Gasteiger partial charge in [0.05, 0.1) is 13.5 Å². The number of hydrogen-bond acceptors (Lipinski definition) is 5. The Kier molecular flexibility index (Phi) is 5.00. The lowest BCUT2D eigenvalue weighted by atomic mass is 10.1. The van der Waals surface area contributed by atoms with E-state index in [-0.39, 0.29) is 0 Å². The molecule has 0 saturated carbocycles. The van der Waals surface area contributed by atoms with Crippen LogP contribution in [0.25, 0.3) is 0 Å². The van der Waals surface area contributed by atoms with Crippen LogP contribution in [0.15, 0.2) is 0 Å². The number of ether oxygens (including phenoxy) is 2. The first-order valence-electron chi connectivity index (χ1n) is 4.87. The second-order valence-electron chi connectivity index (χ2n) is 4.45. The Balaban J connectivity index is 4.49. The summed E-state index contributed by atoms with van der Waals surface area (Å²) in [6.07, 6.45) is -3.45. The van der Waals surface area contributed by atoms with Gasteiger partial charge in [-0.3, -0.25) is 0 Å². The maximum atomic E-state index is 13.0. The molecule has 100 valence electrons. The van der Waals surface area contributed by atoms with E-state index in [0.29, 0.717) is 0 Å².